The van der Waals surface area contributed by atoms with Gasteiger partial charge in [0, 0.05) is 6.61 Å². The molecule has 0 aromatic rings. The van der Waals surface area contributed by atoms with E-state index in [1.165, 1.54) is 0 Å². The van der Waals surface area contributed by atoms with Gasteiger partial charge in [-0.15, -0.1) is 0 Å². The van der Waals surface area contributed by atoms with Gasteiger partial charge in [-0.1, -0.05) is 6.92 Å². The fraction of sp³-hybridized carbons (Fsp3) is 0.875. The van der Waals surface area contributed by atoms with Crippen molar-refractivity contribution in [2.75, 3.05) is 19.8 Å². The fourth-order valence-electron chi connectivity index (χ4n) is 0.676. The van der Waals surface area contributed by atoms with Gasteiger partial charge < -0.3 is 9.47 Å². The number of hydrogen-bond acceptors (Lipinski definition) is 3. The van der Waals surface area contributed by atoms with E-state index in [4.69, 9.17) is 4.74 Å². The molecule has 0 aliphatic rings. The molecule has 6 heteroatoms. The van der Waals surface area contributed by atoms with Gasteiger partial charge >= 0.3 is 12.1 Å². The van der Waals surface area contributed by atoms with Crippen molar-refractivity contribution in [3.8, 4) is 0 Å². The fourth-order valence-corrected chi connectivity index (χ4v) is 0.676. The Balaban J connectivity index is 3.36. The van der Waals surface area contributed by atoms with Crippen molar-refractivity contribution in [3.05, 3.63) is 0 Å². The van der Waals surface area contributed by atoms with Crippen LogP contribution in [0.2, 0.25) is 0 Å². The average Bonchev–Trinajstić information content (AvgIpc) is 2.00. The van der Waals surface area contributed by atoms with Crippen LogP contribution in [0.5, 0.6) is 0 Å². The summed E-state index contributed by atoms with van der Waals surface area (Å²) >= 11 is 0. The molecular weight excluding hydrogens is 201 g/mol. The Morgan fingerprint density at radius 3 is 2.36 bits per heavy atom. The van der Waals surface area contributed by atoms with Crippen LogP contribution in [-0.4, -0.2) is 32.0 Å². The number of esters is 1. The zero-order valence-corrected chi connectivity index (χ0v) is 7.89. The number of rotatable bonds is 6. The summed E-state index contributed by atoms with van der Waals surface area (Å²) in [4.78, 5) is 10.5. The van der Waals surface area contributed by atoms with Gasteiger partial charge in [0.25, 0.3) is 0 Å². The minimum absolute atomic E-state index is 0.130. The van der Waals surface area contributed by atoms with Crippen molar-refractivity contribution >= 4 is 5.97 Å². The number of halogens is 3. The molecule has 84 valence electrons. The Morgan fingerprint density at radius 2 is 1.86 bits per heavy atom. The van der Waals surface area contributed by atoms with Crippen LogP contribution < -0.4 is 0 Å². The largest absolute Gasteiger partial charge is 0.463 e. The lowest BCUT2D eigenvalue weighted by Crippen LogP contribution is -2.19. The number of carbonyl (C=O) groups excluding carboxylic acids is 1. The SMILES string of the molecule is CCCOCCOC(=O)CC(F)(F)F. The topological polar surface area (TPSA) is 35.5 Å². The smallest absolute Gasteiger partial charge is 0.399 e. The molecule has 0 aliphatic heterocycles. The molecule has 14 heavy (non-hydrogen) atoms. The van der Waals surface area contributed by atoms with E-state index in [1.807, 2.05) is 6.92 Å². The molecular formula is C8H13F3O3. The van der Waals surface area contributed by atoms with E-state index >= 15 is 0 Å². The van der Waals surface area contributed by atoms with Crippen molar-refractivity contribution in [1.82, 2.24) is 0 Å². The molecule has 0 amide bonds. The average molecular weight is 214 g/mol. The number of ether oxygens (including phenoxy) is 2. The Bertz CT molecular complexity index is 168. The second-order valence-electron chi connectivity index (χ2n) is 2.62. The molecule has 0 atom stereocenters. The van der Waals surface area contributed by atoms with E-state index in [-0.39, 0.29) is 13.2 Å². The Labute approximate surface area is 80.2 Å². The third-order valence-corrected chi connectivity index (χ3v) is 1.18. The van der Waals surface area contributed by atoms with Crippen LogP contribution in [0.3, 0.4) is 0 Å². The highest BCUT2D eigenvalue weighted by molar-refractivity contribution is 5.70. The van der Waals surface area contributed by atoms with Crippen molar-refractivity contribution in [3.63, 3.8) is 0 Å². The van der Waals surface area contributed by atoms with E-state index in [0.717, 1.165) is 6.42 Å². The highest BCUT2D eigenvalue weighted by atomic mass is 19.4. The molecule has 3 nitrogen and oxygen atoms in total. The molecule has 0 saturated heterocycles. The van der Waals surface area contributed by atoms with Gasteiger partial charge in [-0.2, -0.15) is 13.2 Å². The van der Waals surface area contributed by atoms with E-state index in [0.29, 0.717) is 6.61 Å². The van der Waals surface area contributed by atoms with Gasteiger partial charge in [-0.05, 0) is 6.42 Å². The highest BCUT2D eigenvalue weighted by Gasteiger charge is 2.32. The van der Waals surface area contributed by atoms with E-state index in [2.05, 4.69) is 4.74 Å². The Hall–Kier alpha value is -0.780. The Morgan fingerprint density at radius 1 is 1.21 bits per heavy atom. The number of hydrogen-bond donors (Lipinski definition) is 0. The molecule has 0 heterocycles. The molecule has 0 spiro atoms. The van der Waals surface area contributed by atoms with Crippen LogP contribution in [-0.2, 0) is 14.3 Å². The summed E-state index contributed by atoms with van der Waals surface area (Å²) in [5.41, 5.74) is 0. The first-order valence-corrected chi connectivity index (χ1v) is 4.26. The van der Waals surface area contributed by atoms with Crippen LogP contribution in [0.25, 0.3) is 0 Å². The maximum absolute atomic E-state index is 11.6. The van der Waals surface area contributed by atoms with Crippen molar-refractivity contribution in [1.29, 1.82) is 0 Å². The normalized spacial score (nSPS) is 11.4. The molecule has 0 radical (unpaired) electrons. The maximum Gasteiger partial charge on any atom is 0.399 e. The molecule has 0 bridgehead atoms. The third-order valence-electron chi connectivity index (χ3n) is 1.18. The van der Waals surface area contributed by atoms with Crippen molar-refractivity contribution in [2.45, 2.75) is 25.9 Å². The molecule has 0 aromatic heterocycles. The first-order valence-electron chi connectivity index (χ1n) is 4.26. The van der Waals surface area contributed by atoms with Crippen LogP contribution >= 0.6 is 0 Å². The molecule has 0 fully saturated rings. The zero-order chi connectivity index (χ0) is 11.0. The van der Waals surface area contributed by atoms with Gasteiger partial charge in [-0.25, -0.2) is 0 Å². The van der Waals surface area contributed by atoms with Gasteiger partial charge in [0.15, 0.2) is 0 Å². The van der Waals surface area contributed by atoms with Gasteiger partial charge in [0.05, 0.1) is 6.61 Å². The van der Waals surface area contributed by atoms with Crippen LogP contribution in [0.4, 0.5) is 13.2 Å². The second kappa shape index (κ2) is 6.64. The monoisotopic (exact) mass is 214 g/mol. The summed E-state index contributed by atoms with van der Waals surface area (Å²) in [6, 6.07) is 0. The summed E-state index contributed by atoms with van der Waals surface area (Å²) in [5.74, 6) is -1.27. The highest BCUT2D eigenvalue weighted by Crippen LogP contribution is 2.19. The molecule has 0 aliphatic carbocycles. The predicted octanol–water partition coefficient (Wildman–Crippen LogP) is 1.91. The van der Waals surface area contributed by atoms with Gasteiger partial charge in [-0.3, -0.25) is 4.79 Å². The first-order chi connectivity index (χ1) is 6.45. The number of alkyl halides is 3. The molecule has 0 N–H and O–H groups in total. The van der Waals surface area contributed by atoms with E-state index in [9.17, 15) is 18.0 Å². The summed E-state index contributed by atoms with van der Waals surface area (Å²) in [6.07, 6.45) is -5.22. The zero-order valence-electron chi connectivity index (χ0n) is 7.89. The molecule has 0 saturated carbocycles. The lowest BCUT2D eigenvalue weighted by atomic mass is 10.4. The third kappa shape index (κ3) is 9.31. The van der Waals surface area contributed by atoms with Gasteiger partial charge in [0.2, 0.25) is 0 Å². The molecule has 0 aromatic carbocycles. The maximum atomic E-state index is 11.6. The predicted molar refractivity (Wildman–Crippen MR) is 42.7 cm³/mol. The van der Waals surface area contributed by atoms with E-state index in [1.54, 1.807) is 0 Å². The van der Waals surface area contributed by atoms with Crippen molar-refractivity contribution < 1.29 is 27.4 Å². The summed E-state index contributed by atoms with van der Waals surface area (Å²) in [6.45, 7) is 2.42. The molecule has 0 rings (SSSR count). The summed E-state index contributed by atoms with van der Waals surface area (Å²) in [7, 11) is 0. The Kier molecular flexibility index (Phi) is 6.27. The van der Waals surface area contributed by atoms with Crippen LogP contribution in [0.15, 0.2) is 0 Å². The van der Waals surface area contributed by atoms with Crippen LogP contribution in [0.1, 0.15) is 19.8 Å². The van der Waals surface area contributed by atoms with Crippen molar-refractivity contribution in [2.24, 2.45) is 0 Å². The lowest BCUT2D eigenvalue weighted by Gasteiger charge is -2.07. The number of carbonyl (C=O) groups is 1. The van der Waals surface area contributed by atoms with E-state index < -0.39 is 18.6 Å². The first kappa shape index (κ1) is 13.2. The summed E-state index contributed by atoms with van der Waals surface area (Å²) in [5, 5.41) is 0. The lowest BCUT2D eigenvalue weighted by molar-refractivity contribution is -0.172. The molecule has 0 unspecified atom stereocenters. The quantitative estimate of drug-likeness (QED) is 0.500. The standard InChI is InChI=1S/C8H13F3O3/c1-2-3-13-4-5-14-7(12)6-8(9,10)11/h2-6H2,1H3. The minimum Gasteiger partial charge on any atom is -0.463 e. The van der Waals surface area contributed by atoms with Gasteiger partial charge in [0.1, 0.15) is 13.0 Å². The second-order valence-corrected chi connectivity index (χ2v) is 2.62. The summed E-state index contributed by atoms with van der Waals surface area (Å²) < 4.78 is 44.0. The van der Waals surface area contributed by atoms with Crippen LogP contribution in [0, 0.1) is 0 Å². The minimum atomic E-state index is -4.50.